The smallest absolute Gasteiger partial charge is 0.339 e. The van der Waals surface area contributed by atoms with Crippen molar-refractivity contribution in [2.75, 3.05) is 13.6 Å². The van der Waals surface area contributed by atoms with E-state index in [4.69, 9.17) is 5.11 Å². The van der Waals surface area contributed by atoms with E-state index < -0.39 is 5.97 Å². The number of benzene rings is 1. The van der Waals surface area contributed by atoms with E-state index in [1.165, 1.54) is 12.1 Å². The fourth-order valence-corrected chi connectivity index (χ4v) is 1.14. The van der Waals surface area contributed by atoms with Crippen LogP contribution in [-0.4, -0.2) is 29.8 Å². The van der Waals surface area contributed by atoms with E-state index in [0.717, 1.165) is 6.54 Å². The predicted molar refractivity (Wildman–Crippen MR) is 60.5 cm³/mol. The molecule has 0 saturated heterocycles. The summed E-state index contributed by atoms with van der Waals surface area (Å²) < 4.78 is 0. The maximum atomic E-state index is 10.7. The molecule has 0 unspecified atom stereocenters. The van der Waals surface area contributed by atoms with Crippen LogP contribution in [0.1, 0.15) is 22.3 Å². The summed E-state index contributed by atoms with van der Waals surface area (Å²) in [6.07, 6.45) is 0.694. The molecule has 0 fully saturated rings. The van der Waals surface area contributed by atoms with E-state index in [9.17, 15) is 9.90 Å². The van der Waals surface area contributed by atoms with Gasteiger partial charge in [0.25, 0.3) is 0 Å². The van der Waals surface area contributed by atoms with Crippen LogP contribution in [0.15, 0.2) is 18.2 Å². The van der Waals surface area contributed by atoms with Gasteiger partial charge in [-0.3, -0.25) is 0 Å². The van der Waals surface area contributed by atoms with Crippen LogP contribution in [0, 0.1) is 11.8 Å². The van der Waals surface area contributed by atoms with E-state index in [2.05, 4.69) is 17.2 Å². The van der Waals surface area contributed by atoms with Crippen molar-refractivity contribution in [1.82, 2.24) is 5.32 Å². The van der Waals surface area contributed by atoms with Crippen LogP contribution in [0.25, 0.3) is 0 Å². The summed E-state index contributed by atoms with van der Waals surface area (Å²) in [6.45, 7) is 0.789. The van der Waals surface area contributed by atoms with Crippen molar-refractivity contribution in [3.8, 4) is 17.6 Å². The van der Waals surface area contributed by atoms with Gasteiger partial charge in [0.1, 0.15) is 11.3 Å². The second kappa shape index (κ2) is 5.79. The highest BCUT2D eigenvalue weighted by Gasteiger charge is 2.08. The number of phenols is 1. The zero-order chi connectivity index (χ0) is 12.0. The quantitative estimate of drug-likeness (QED) is 0.525. The van der Waals surface area contributed by atoms with Gasteiger partial charge in [-0.25, -0.2) is 4.79 Å². The second-order valence-electron chi connectivity index (χ2n) is 3.19. The Morgan fingerprint density at radius 3 is 2.88 bits per heavy atom. The molecule has 3 N–H and O–H groups in total. The summed E-state index contributed by atoms with van der Waals surface area (Å²) >= 11 is 0. The van der Waals surface area contributed by atoms with Crippen molar-refractivity contribution in [2.45, 2.75) is 6.42 Å². The van der Waals surface area contributed by atoms with Crippen molar-refractivity contribution < 1.29 is 15.0 Å². The lowest BCUT2D eigenvalue weighted by molar-refractivity contribution is 0.0693. The Kier molecular flexibility index (Phi) is 4.37. The van der Waals surface area contributed by atoms with Crippen molar-refractivity contribution in [3.05, 3.63) is 29.3 Å². The minimum atomic E-state index is -1.16. The molecule has 0 radical (unpaired) electrons. The average molecular weight is 219 g/mol. The molecule has 4 heteroatoms. The van der Waals surface area contributed by atoms with Crippen LogP contribution >= 0.6 is 0 Å². The van der Waals surface area contributed by atoms with E-state index in [0.29, 0.717) is 12.0 Å². The van der Waals surface area contributed by atoms with Gasteiger partial charge in [0.15, 0.2) is 0 Å². The standard InChI is InChI=1S/C12H13NO3/c1-13-7-3-2-4-9-5-6-11(14)10(8-9)12(15)16/h5-6,8,13-14H,3,7H2,1H3,(H,15,16). The molecule has 84 valence electrons. The summed E-state index contributed by atoms with van der Waals surface area (Å²) in [7, 11) is 1.84. The van der Waals surface area contributed by atoms with E-state index in [-0.39, 0.29) is 11.3 Å². The molecule has 0 aliphatic rings. The molecule has 0 saturated carbocycles. The largest absolute Gasteiger partial charge is 0.507 e. The summed E-state index contributed by atoms with van der Waals surface area (Å²) in [5, 5.41) is 21.0. The molecule has 1 rings (SSSR count). The Labute approximate surface area is 93.9 Å². The van der Waals surface area contributed by atoms with Crippen molar-refractivity contribution in [3.63, 3.8) is 0 Å². The van der Waals surface area contributed by atoms with Crippen LogP contribution in [0.5, 0.6) is 5.75 Å². The number of nitrogens with one attached hydrogen (secondary N) is 1. The lowest BCUT2D eigenvalue weighted by Crippen LogP contribution is -2.05. The van der Waals surface area contributed by atoms with Crippen LogP contribution < -0.4 is 5.32 Å². The second-order valence-corrected chi connectivity index (χ2v) is 3.19. The molecular weight excluding hydrogens is 206 g/mol. The van der Waals surface area contributed by atoms with Gasteiger partial charge in [-0.15, -0.1) is 0 Å². The SMILES string of the molecule is CNCCC#Cc1ccc(O)c(C(=O)O)c1. The van der Waals surface area contributed by atoms with Crippen molar-refractivity contribution in [1.29, 1.82) is 0 Å². The fraction of sp³-hybridized carbons (Fsp3) is 0.250. The number of aromatic carboxylic acids is 1. The van der Waals surface area contributed by atoms with Gasteiger partial charge in [0.2, 0.25) is 0 Å². The molecule has 0 aliphatic carbocycles. The van der Waals surface area contributed by atoms with E-state index in [1.54, 1.807) is 6.07 Å². The first-order valence-electron chi connectivity index (χ1n) is 4.85. The first kappa shape index (κ1) is 12.1. The number of carboxylic acids is 1. The summed E-state index contributed by atoms with van der Waals surface area (Å²) in [4.78, 5) is 10.7. The van der Waals surface area contributed by atoms with Gasteiger partial charge in [-0.2, -0.15) is 0 Å². The summed E-state index contributed by atoms with van der Waals surface area (Å²) in [5.74, 6) is 4.34. The van der Waals surface area contributed by atoms with Crippen molar-refractivity contribution >= 4 is 5.97 Å². The van der Waals surface area contributed by atoms with Crippen molar-refractivity contribution in [2.24, 2.45) is 0 Å². The lowest BCUT2D eigenvalue weighted by atomic mass is 10.1. The number of carbonyl (C=O) groups is 1. The number of carboxylic acid groups (broad SMARTS) is 1. The normalized spacial score (nSPS) is 9.31. The first-order chi connectivity index (χ1) is 7.65. The number of aromatic hydroxyl groups is 1. The molecule has 0 aromatic heterocycles. The predicted octanol–water partition coefficient (Wildman–Crippen LogP) is 1.05. The molecule has 0 heterocycles. The minimum absolute atomic E-state index is 0.125. The van der Waals surface area contributed by atoms with Gasteiger partial charge < -0.3 is 15.5 Å². The molecule has 0 amide bonds. The van der Waals surface area contributed by atoms with E-state index >= 15 is 0 Å². The van der Waals surface area contributed by atoms with Crippen LogP contribution in [-0.2, 0) is 0 Å². The molecule has 1 aromatic carbocycles. The zero-order valence-corrected chi connectivity index (χ0v) is 8.95. The Balaban J connectivity index is 2.85. The highest BCUT2D eigenvalue weighted by atomic mass is 16.4. The maximum Gasteiger partial charge on any atom is 0.339 e. The summed E-state index contributed by atoms with van der Waals surface area (Å²) in [5.41, 5.74) is 0.465. The molecule has 1 aromatic rings. The lowest BCUT2D eigenvalue weighted by Gasteiger charge is -1.99. The molecule has 0 aliphatic heterocycles. The maximum absolute atomic E-state index is 10.7. The zero-order valence-electron chi connectivity index (χ0n) is 8.95. The molecule has 0 spiro atoms. The number of hydrogen-bond acceptors (Lipinski definition) is 3. The topological polar surface area (TPSA) is 69.6 Å². The Morgan fingerprint density at radius 2 is 2.25 bits per heavy atom. The third-order valence-corrected chi connectivity index (χ3v) is 1.96. The third-order valence-electron chi connectivity index (χ3n) is 1.96. The average Bonchev–Trinajstić information content (AvgIpc) is 2.26. The molecular formula is C12H13NO3. The van der Waals surface area contributed by atoms with Gasteiger partial charge in [0, 0.05) is 18.5 Å². The Morgan fingerprint density at radius 1 is 1.50 bits per heavy atom. The number of rotatable bonds is 3. The van der Waals surface area contributed by atoms with Gasteiger partial charge >= 0.3 is 5.97 Å². The van der Waals surface area contributed by atoms with Crippen LogP contribution in [0.3, 0.4) is 0 Å². The molecule has 4 nitrogen and oxygen atoms in total. The van der Waals surface area contributed by atoms with Crippen LogP contribution in [0.2, 0.25) is 0 Å². The third kappa shape index (κ3) is 3.30. The minimum Gasteiger partial charge on any atom is -0.507 e. The van der Waals surface area contributed by atoms with E-state index in [1.807, 2.05) is 7.05 Å². The molecule has 0 bridgehead atoms. The van der Waals surface area contributed by atoms with Gasteiger partial charge in [0.05, 0.1) is 0 Å². The fourth-order valence-electron chi connectivity index (χ4n) is 1.14. The Hall–Kier alpha value is -1.99. The highest BCUT2D eigenvalue weighted by molar-refractivity contribution is 5.91. The van der Waals surface area contributed by atoms with Crippen LogP contribution in [0.4, 0.5) is 0 Å². The molecule has 16 heavy (non-hydrogen) atoms. The summed E-state index contributed by atoms with van der Waals surface area (Å²) in [6, 6.07) is 4.30. The molecule has 0 atom stereocenters. The van der Waals surface area contributed by atoms with Gasteiger partial charge in [-0.05, 0) is 25.2 Å². The first-order valence-corrected chi connectivity index (χ1v) is 4.85. The van der Waals surface area contributed by atoms with Gasteiger partial charge in [-0.1, -0.05) is 11.8 Å². The highest BCUT2D eigenvalue weighted by Crippen LogP contribution is 2.17. The number of hydrogen-bond donors (Lipinski definition) is 3. The Bertz CT molecular complexity index is 443. The monoisotopic (exact) mass is 219 g/mol.